The number of carbonyl (C=O) groups excluding carboxylic acids is 2. The largest absolute Gasteiger partial charge is 0.401 e. The summed E-state index contributed by atoms with van der Waals surface area (Å²) in [7, 11) is 0. The predicted molar refractivity (Wildman–Crippen MR) is 83.9 cm³/mol. The molecule has 2 heterocycles. The van der Waals surface area contributed by atoms with Crippen molar-refractivity contribution in [2.45, 2.75) is 33.7 Å². The Kier molecular flexibility index (Phi) is 4.49. The normalized spacial score (nSPS) is 15.5. The van der Waals surface area contributed by atoms with Crippen LogP contribution in [0.2, 0.25) is 0 Å². The number of allylic oxidation sites excluding steroid dienone is 1. The summed E-state index contributed by atoms with van der Waals surface area (Å²) < 4.78 is 0. The zero-order valence-electron chi connectivity index (χ0n) is 12.6. The average molecular weight is 307 g/mol. The maximum Gasteiger partial charge on any atom is 0.259 e. The van der Waals surface area contributed by atoms with Crippen LogP contribution in [-0.2, 0) is 17.8 Å². The molecular formula is C15H21N3O2S. The Balaban J connectivity index is 2.09. The highest BCUT2D eigenvalue weighted by Gasteiger charge is 2.21. The maximum atomic E-state index is 12.2. The zero-order valence-corrected chi connectivity index (χ0v) is 13.4. The van der Waals surface area contributed by atoms with E-state index in [1.54, 1.807) is 11.3 Å². The van der Waals surface area contributed by atoms with Gasteiger partial charge in [0, 0.05) is 34.0 Å². The standard InChI is InChI=1S/C15H21N3O2S/c1-15(2,3)12(16)6-13(19)18-14(20)10-8-21-11-7-17-5-4-9(10)11/h6,8,17H,4-5,7,16H2,1-3H3,(H,18,19,20)/b12-6-. The van der Waals surface area contributed by atoms with Crippen molar-refractivity contribution in [3.8, 4) is 0 Å². The third-order valence-electron chi connectivity index (χ3n) is 3.45. The molecule has 6 heteroatoms. The molecule has 0 bridgehead atoms. The van der Waals surface area contributed by atoms with Gasteiger partial charge in [0.25, 0.3) is 11.8 Å². The van der Waals surface area contributed by atoms with Gasteiger partial charge in [-0.3, -0.25) is 14.9 Å². The number of nitrogens with one attached hydrogen (secondary N) is 2. The van der Waals surface area contributed by atoms with Gasteiger partial charge in [-0.25, -0.2) is 0 Å². The Morgan fingerprint density at radius 3 is 2.81 bits per heavy atom. The van der Waals surface area contributed by atoms with Crippen molar-refractivity contribution in [1.82, 2.24) is 10.6 Å². The molecule has 0 spiro atoms. The van der Waals surface area contributed by atoms with Crippen LogP contribution in [0.1, 0.15) is 41.6 Å². The van der Waals surface area contributed by atoms with Crippen LogP contribution in [0.4, 0.5) is 0 Å². The van der Waals surface area contributed by atoms with Crippen molar-refractivity contribution in [3.05, 3.63) is 33.2 Å². The van der Waals surface area contributed by atoms with Crippen molar-refractivity contribution < 1.29 is 9.59 Å². The average Bonchev–Trinajstić information content (AvgIpc) is 2.81. The molecular weight excluding hydrogens is 286 g/mol. The van der Waals surface area contributed by atoms with E-state index in [0.29, 0.717) is 11.3 Å². The van der Waals surface area contributed by atoms with E-state index in [0.717, 1.165) is 25.1 Å². The number of nitrogens with two attached hydrogens (primary N) is 1. The molecule has 0 aromatic carbocycles. The molecule has 0 atom stereocenters. The van der Waals surface area contributed by atoms with Gasteiger partial charge in [0.1, 0.15) is 0 Å². The highest BCUT2D eigenvalue weighted by atomic mass is 32.1. The van der Waals surface area contributed by atoms with Gasteiger partial charge in [0.2, 0.25) is 0 Å². The Bertz CT molecular complexity index is 597. The highest BCUT2D eigenvalue weighted by Crippen LogP contribution is 2.25. The Morgan fingerprint density at radius 1 is 1.43 bits per heavy atom. The monoisotopic (exact) mass is 307 g/mol. The third kappa shape index (κ3) is 3.71. The first-order valence-corrected chi connectivity index (χ1v) is 7.80. The lowest BCUT2D eigenvalue weighted by molar-refractivity contribution is -0.115. The maximum absolute atomic E-state index is 12.2. The number of imide groups is 1. The smallest absolute Gasteiger partial charge is 0.259 e. The molecule has 114 valence electrons. The van der Waals surface area contributed by atoms with E-state index in [4.69, 9.17) is 5.73 Å². The summed E-state index contributed by atoms with van der Waals surface area (Å²) in [4.78, 5) is 25.3. The van der Waals surface area contributed by atoms with Crippen LogP contribution in [0.5, 0.6) is 0 Å². The van der Waals surface area contributed by atoms with Crippen molar-refractivity contribution in [3.63, 3.8) is 0 Å². The fraction of sp³-hybridized carbons (Fsp3) is 0.467. The molecule has 0 radical (unpaired) electrons. The summed E-state index contributed by atoms with van der Waals surface area (Å²) in [5.74, 6) is -0.821. The van der Waals surface area contributed by atoms with Crippen molar-refractivity contribution in [2.24, 2.45) is 11.1 Å². The number of thiophene rings is 1. The molecule has 0 unspecified atom stereocenters. The van der Waals surface area contributed by atoms with Gasteiger partial charge in [0.05, 0.1) is 5.56 Å². The molecule has 1 aromatic heterocycles. The Morgan fingerprint density at radius 2 is 2.14 bits per heavy atom. The first-order valence-electron chi connectivity index (χ1n) is 6.92. The molecule has 5 nitrogen and oxygen atoms in total. The lowest BCUT2D eigenvalue weighted by Crippen LogP contribution is -2.32. The van der Waals surface area contributed by atoms with Crippen LogP contribution in [0, 0.1) is 5.41 Å². The molecule has 21 heavy (non-hydrogen) atoms. The van der Waals surface area contributed by atoms with Gasteiger partial charge < -0.3 is 11.1 Å². The van der Waals surface area contributed by atoms with E-state index < -0.39 is 5.91 Å². The molecule has 1 aliphatic rings. The summed E-state index contributed by atoms with van der Waals surface area (Å²) >= 11 is 1.55. The van der Waals surface area contributed by atoms with Gasteiger partial charge in [-0.05, 0) is 18.5 Å². The second-order valence-corrected chi connectivity index (χ2v) is 7.11. The predicted octanol–water partition coefficient (Wildman–Crippen LogP) is 1.54. The number of hydrogen-bond donors (Lipinski definition) is 3. The van der Waals surface area contributed by atoms with Crippen LogP contribution < -0.4 is 16.4 Å². The molecule has 2 rings (SSSR count). The van der Waals surface area contributed by atoms with Crippen LogP contribution in [0.15, 0.2) is 17.2 Å². The van der Waals surface area contributed by atoms with E-state index in [9.17, 15) is 9.59 Å². The van der Waals surface area contributed by atoms with E-state index in [1.807, 2.05) is 26.2 Å². The molecule has 2 amide bonds. The number of fused-ring (bicyclic) bond motifs is 1. The third-order valence-corrected chi connectivity index (χ3v) is 4.48. The number of rotatable bonds is 2. The summed E-state index contributed by atoms with van der Waals surface area (Å²) in [6, 6.07) is 0. The van der Waals surface area contributed by atoms with Crippen LogP contribution in [0.25, 0.3) is 0 Å². The van der Waals surface area contributed by atoms with Gasteiger partial charge in [-0.15, -0.1) is 11.3 Å². The zero-order chi connectivity index (χ0) is 15.6. The fourth-order valence-corrected chi connectivity index (χ4v) is 3.07. The topological polar surface area (TPSA) is 84.2 Å². The molecule has 1 aromatic rings. The molecule has 4 N–H and O–H groups in total. The van der Waals surface area contributed by atoms with Gasteiger partial charge in [0.15, 0.2) is 0 Å². The first kappa shape index (κ1) is 15.7. The van der Waals surface area contributed by atoms with Crippen molar-refractivity contribution >= 4 is 23.2 Å². The lowest BCUT2D eigenvalue weighted by atomic mass is 9.92. The van der Waals surface area contributed by atoms with Crippen LogP contribution >= 0.6 is 11.3 Å². The molecule has 0 aliphatic carbocycles. The Labute approximate surface area is 128 Å². The summed E-state index contributed by atoms with van der Waals surface area (Å²) in [5.41, 5.74) is 7.65. The first-order chi connectivity index (χ1) is 9.79. The summed E-state index contributed by atoms with van der Waals surface area (Å²) in [6.07, 6.45) is 2.11. The minimum atomic E-state index is -0.471. The van der Waals surface area contributed by atoms with Gasteiger partial charge in [-0.2, -0.15) is 0 Å². The lowest BCUT2D eigenvalue weighted by Gasteiger charge is -2.18. The minimum absolute atomic E-state index is 0.298. The quantitative estimate of drug-likeness (QED) is 0.724. The van der Waals surface area contributed by atoms with Crippen molar-refractivity contribution in [1.29, 1.82) is 0 Å². The Hall–Kier alpha value is -1.66. The van der Waals surface area contributed by atoms with Crippen molar-refractivity contribution in [2.75, 3.05) is 6.54 Å². The number of carbonyl (C=O) groups is 2. The van der Waals surface area contributed by atoms with Crippen LogP contribution in [0.3, 0.4) is 0 Å². The van der Waals surface area contributed by atoms with E-state index in [-0.39, 0.29) is 11.3 Å². The molecule has 0 saturated heterocycles. The van der Waals surface area contributed by atoms with E-state index >= 15 is 0 Å². The molecule has 0 saturated carbocycles. The summed E-state index contributed by atoms with van der Waals surface area (Å²) in [6.45, 7) is 7.38. The second-order valence-electron chi connectivity index (χ2n) is 6.15. The summed E-state index contributed by atoms with van der Waals surface area (Å²) in [5, 5.41) is 7.47. The SMILES string of the molecule is CC(C)(C)/C(N)=C/C(=O)NC(=O)c1csc2c1CCNC2. The van der Waals surface area contributed by atoms with Crippen LogP contribution in [-0.4, -0.2) is 18.4 Å². The van der Waals surface area contributed by atoms with E-state index in [1.165, 1.54) is 11.0 Å². The number of amides is 2. The number of hydrogen-bond acceptors (Lipinski definition) is 5. The van der Waals surface area contributed by atoms with E-state index in [2.05, 4.69) is 10.6 Å². The minimum Gasteiger partial charge on any atom is -0.401 e. The fourth-order valence-electron chi connectivity index (χ4n) is 2.02. The highest BCUT2D eigenvalue weighted by molar-refractivity contribution is 7.10. The molecule has 0 fully saturated rings. The van der Waals surface area contributed by atoms with Gasteiger partial charge in [-0.1, -0.05) is 20.8 Å². The molecule has 1 aliphatic heterocycles. The van der Waals surface area contributed by atoms with Gasteiger partial charge >= 0.3 is 0 Å². The second kappa shape index (κ2) is 5.99.